The van der Waals surface area contributed by atoms with Crippen LogP contribution in [0.1, 0.15) is 48.2 Å². The Morgan fingerprint density at radius 2 is 1.63 bits per heavy atom. The Balaban J connectivity index is 2.13. The van der Waals surface area contributed by atoms with E-state index in [1.165, 1.54) is 22.3 Å². The maximum Gasteiger partial charge on any atom is 0.0300 e. The summed E-state index contributed by atoms with van der Waals surface area (Å²) < 4.78 is 0. The van der Waals surface area contributed by atoms with Crippen molar-refractivity contribution in [3.8, 4) is 0 Å². The van der Waals surface area contributed by atoms with Gasteiger partial charge in [0, 0.05) is 24.5 Å². The van der Waals surface area contributed by atoms with Gasteiger partial charge in [0.05, 0.1) is 0 Å². The van der Waals surface area contributed by atoms with Gasteiger partial charge in [-0.1, -0.05) is 23.8 Å². The van der Waals surface area contributed by atoms with Crippen LogP contribution in [0.2, 0.25) is 0 Å². The topological polar surface area (TPSA) is 24.9 Å². The van der Waals surface area contributed by atoms with Crippen LogP contribution in [0.3, 0.4) is 0 Å². The Kier molecular flexibility index (Phi) is 4.33. The van der Waals surface area contributed by atoms with Gasteiger partial charge in [0.25, 0.3) is 0 Å². The van der Waals surface area contributed by atoms with Crippen molar-refractivity contribution in [2.24, 2.45) is 0 Å². The molecule has 100 valence electrons. The largest absolute Gasteiger partial charge is 0.304 e. The lowest BCUT2D eigenvalue weighted by atomic mass is 9.98. The number of aryl methyl sites for hydroxylation is 2. The lowest BCUT2D eigenvalue weighted by molar-refractivity contribution is 0.492. The predicted octanol–water partition coefficient (Wildman–Crippen LogP) is 4.11. The molecule has 1 heterocycles. The molecule has 1 aromatic carbocycles. The highest BCUT2D eigenvalue weighted by Crippen LogP contribution is 2.22. The summed E-state index contributed by atoms with van der Waals surface area (Å²) in [5, 5.41) is 3.65. The zero-order valence-electron chi connectivity index (χ0n) is 12.1. The van der Waals surface area contributed by atoms with Crippen molar-refractivity contribution < 1.29 is 0 Å². The Bertz CT molecular complexity index is 534. The maximum absolute atomic E-state index is 4.06. The summed E-state index contributed by atoms with van der Waals surface area (Å²) in [5.41, 5.74) is 5.30. The van der Waals surface area contributed by atoms with Crippen molar-refractivity contribution in [1.29, 1.82) is 0 Å². The van der Waals surface area contributed by atoms with Crippen molar-refractivity contribution in [2.75, 3.05) is 0 Å². The van der Waals surface area contributed by atoms with Gasteiger partial charge in [0.1, 0.15) is 0 Å². The summed E-state index contributed by atoms with van der Waals surface area (Å²) in [6.45, 7) is 8.72. The number of pyridine rings is 1. The third kappa shape index (κ3) is 3.42. The van der Waals surface area contributed by atoms with Gasteiger partial charge in [-0.05, 0) is 56.5 Å². The van der Waals surface area contributed by atoms with Crippen LogP contribution in [0, 0.1) is 13.8 Å². The molecule has 0 bridgehead atoms. The van der Waals surface area contributed by atoms with E-state index in [1.54, 1.807) is 0 Å². The Morgan fingerprint density at radius 1 is 0.947 bits per heavy atom. The first-order valence-electron chi connectivity index (χ1n) is 6.81. The Hall–Kier alpha value is -1.67. The minimum absolute atomic E-state index is 0.318. The van der Waals surface area contributed by atoms with Gasteiger partial charge in [-0.3, -0.25) is 4.98 Å². The van der Waals surface area contributed by atoms with Crippen molar-refractivity contribution in [2.45, 2.75) is 39.8 Å². The smallest absolute Gasteiger partial charge is 0.0300 e. The number of rotatable bonds is 4. The van der Waals surface area contributed by atoms with Crippen molar-refractivity contribution in [1.82, 2.24) is 10.3 Å². The van der Waals surface area contributed by atoms with Gasteiger partial charge < -0.3 is 5.32 Å². The number of aromatic nitrogens is 1. The molecule has 1 N–H and O–H groups in total. The van der Waals surface area contributed by atoms with Crippen LogP contribution in [-0.2, 0) is 0 Å². The van der Waals surface area contributed by atoms with Crippen LogP contribution in [0.4, 0.5) is 0 Å². The molecule has 0 saturated carbocycles. The highest BCUT2D eigenvalue weighted by Gasteiger charge is 2.12. The highest BCUT2D eigenvalue weighted by atomic mass is 14.9. The van der Waals surface area contributed by atoms with Crippen LogP contribution in [0.5, 0.6) is 0 Å². The Morgan fingerprint density at radius 3 is 2.32 bits per heavy atom. The average Bonchev–Trinajstić information content (AvgIpc) is 2.42. The average molecular weight is 254 g/mol. The molecule has 0 amide bonds. The third-order valence-electron chi connectivity index (χ3n) is 3.61. The summed E-state index contributed by atoms with van der Waals surface area (Å²) in [6, 6.07) is 11.4. The molecule has 2 atom stereocenters. The second-order valence-electron chi connectivity index (χ2n) is 5.25. The molecule has 0 spiro atoms. The van der Waals surface area contributed by atoms with E-state index in [0.717, 1.165) is 0 Å². The lowest BCUT2D eigenvalue weighted by Gasteiger charge is -2.22. The fourth-order valence-corrected chi connectivity index (χ4v) is 2.44. The molecule has 2 aromatic rings. The van der Waals surface area contributed by atoms with Gasteiger partial charge in [0.2, 0.25) is 0 Å². The number of nitrogens with zero attached hydrogens (tertiary/aromatic N) is 1. The van der Waals surface area contributed by atoms with Crippen LogP contribution >= 0.6 is 0 Å². The number of benzene rings is 1. The summed E-state index contributed by atoms with van der Waals surface area (Å²) in [6.07, 6.45) is 3.69. The number of hydrogen-bond acceptors (Lipinski definition) is 2. The zero-order valence-corrected chi connectivity index (χ0v) is 12.1. The minimum Gasteiger partial charge on any atom is -0.304 e. The van der Waals surface area contributed by atoms with Gasteiger partial charge in [-0.25, -0.2) is 0 Å². The van der Waals surface area contributed by atoms with Crippen LogP contribution in [0.25, 0.3) is 0 Å². The molecule has 0 fully saturated rings. The van der Waals surface area contributed by atoms with Crippen molar-refractivity contribution >= 4 is 0 Å². The van der Waals surface area contributed by atoms with Crippen molar-refractivity contribution in [3.05, 3.63) is 65.0 Å². The van der Waals surface area contributed by atoms with E-state index in [9.17, 15) is 0 Å². The molecular formula is C17H22N2. The molecule has 0 aliphatic heterocycles. The molecular weight excluding hydrogens is 232 g/mol. The molecule has 0 aliphatic carbocycles. The Labute approximate surface area is 115 Å². The van der Waals surface area contributed by atoms with Gasteiger partial charge >= 0.3 is 0 Å². The van der Waals surface area contributed by atoms with Crippen molar-refractivity contribution in [3.63, 3.8) is 0 Å². The van der Waals surface area contributed by atoms with E-state index in [2.05, 4.69) is 68.3 Å². The first kappa shape index (κ1) is 13.8. The van der Waals surface area contributed by atoms with E-state index < -0.39 is 0 Å². The molecule has 1 aromatic heterocycles. The summed E-state index contributed by atoms with van der Waals surface area (Å²) in [7, 11) is 0. The van der Waals surface area contributed by atoms with E-state index in [4.69, 9.17) is 0 Å². The lowest BCUT2D eigenvalue weighted by Crippen LogP contribution is -2.23. The fourth-order valence-electron chi connectivity index (χ4n) is 2.44. The first-order valence-corrected chi connectivity index (χ1v) is 6.81. The van der Waals surface area contributed by atoms with Crippen LogP contribution < -0.4 is 5.32 Å². The molecule has 2 rings (SSSR count). The zero-order chi connectivity index (χ0) is 13.8. The number of hydrogen-bond donors (Lipinski definition) is 1. The molecule has 0 saturated heterocycles. The molecule has 2 heteroatoms. The van der Waals surface area contributed by atoms with Gasteiger partial charge in [-0.2, -0.15) is 0 Å². The predicted molar refractivity (Wildman–Crippen MR) is 80.1 cm³/mol. The normalized spacial score (nSPS) is 14.1. The molecule has 19 heavy (non-hydrogen) atoms. The van der Waals surface area contributed by atoms with Crippen LogP contribution in [-0.4, -0.2) is 4.98 Å². The molecule has 0 aliphatic rings. The van der Waals surface area contributed by atoms with E-state index in [0.29, 0.717) is 12.1 Å². The summed E-state index contributed by atoms with van der Waals surface area (Å²) in [5.74, 6) is 0. The molecule has 0 radical (unpaired) electrons. The van der Waals surface area contributed by atoms with Gasteiger partial charge in [0.15, 0.2) is 0 Å². The van der Waals surface area contributed by atoms with E-state index >= 15 is 0 Å². The summed E-state index contributed by atoms with van der Waals surface area (Å²) >= 11 is 0. The quantitative estimate of drug-likeness (QED) is 0.888. The third-order valence-corrected chi connectivity index (χ3v) is 3.61. The van der Waals surface area contributed by atoms with E-state index in [1.807, 2.05) is 12.4 Å². The standard InChI is InChI=1S/C17H22N2/c1-12-5-6-13(2)17(11-12)15(4)19-14(3)16-7-9-18-10-8-16/h5-11,14-15,19H,1-4H3/t14-,15?/m1/s1. The summed E-state index contributed by atoms with van der Waals surface area (Å²) in [4.78, 5) is 4.06. The van der Waals surface area contributed by atoms with Gasteiger partial charge in [-0.15, -0.1) is 0 Å². The first-order chi connectivity index (χ1) is 9.08. The molecule has 2 nitrogen and oxygen atoms in total. The SMILES string of the molecule is Cc1ccc(C)c(C(C)N[C@H](C)c2ccncc2)c1. The maximum atomic E-state index is 4.06. The second kappa shape index (κ2) is 5.98. The second-order valence-corrected chi connectivity index (χ2v) is 5.25. The van der Waals surface area contributed by atoms with E-state index in [-0.39, 0.29) is 0 Å². The van der Waals surface area contributed by atoms with Crippen LogP contribution in [0.15, 0.2) is 42.7 Å². The highest BCUT2D eigenvalue weighted by molar-refractivity contribution is 5.33. The molecule has 1 unspecified atom stereocenters. The number of nitrogens with one attached hydrogen (secondary N) is 1. The fraction of sp³-hybridized carbons (Fsp3) is 0.353. The minimum atomic E-state index is 0.318. The monoisotopic (exact) mass is 254 g/mol.